The molecule has 1 amide bonds. The molecule has 2 rings (SSSR count). The van der Waals surface area contributed by atoms with Gasteiger partial charge in [-0.3, -0.25) is 9.78 Å². The number of halogens is 1. The number of thioether (sulfide) groups is 1. The SMILES string of the molecule is O=C(CCSc1ccc(Br)cc1)Nc1cccnc1. The number of nitrogens with one attached hydrogen (secondary N) is 1. The summed E-state index contributed by atoms with van der Waals surface area (Å²) >= 11 is 5.07. The van der Waals surface area contributed by atoms with Crippen LogP contribution in [0.1, 0.15) is 6.42 Å². The van der Waals surface area contributed by atoms with Crippen LogP contribution in [-0.4, -0.2) is 16.6 Å². The van der Waals surface area contributed by atoms with Crippen molar-refractivity contribution in [2.24, 2.45) is 0 Å². The van der Waals surface area contributed by atoms with Crippen LogP contribution in [0.3, 0.4) is 0 Å². The van der Waals surface area contributed by atoms with Crippen LogP contribution in [-0.2, 0) is 4.79 Å². The Labute approximate surface area is 125 Å². The monoisotopic (exact) mass is 336 g/mol. The number of nitrogens with zero attached hydrogens (tertiary/aromatic N) is 1. The first-order valence-corrected chi connectivity index (χ1v) is 7.60. The van der Waals surface area contributed by atoms with E-state index in [1.54, 1.807) is 30.2 Å². The lowest BCUT2D eigenvalue weighted by Gasteiger charge is -2.04. The molecule has 98 valence electrons. The number of carbonyl (C=O) groups is 1. The van der Waals surface area contributed by atoms with Gasteiger partial charge in [-0.05, 0) is 36.4 Å². The van der Waals surface area contributed by atoms with E-state index in [0.29, 0.717) is 6.42 Å². The Morgan fingerprint density at radius 2 is 2.05 bits per heavy atom. The Morgan fingerprint density at radius 1 is 1.26 bits per heavy atom. The Morgan fingerprint density at radius 3 is 2.74 bits per heavy atom. The first-order valence-electron chi connectivity index (χ1n) is 5.82. The van der Waals surface area contributed by atoms with Crippen LogP contribution in [0.25, 0.3) is 0 Å². The number of benzene rings is 1. The molecular weight excluding hydrogens is 324 g/mol. The number of amides is 1. The number of pyridine rings is 1. The third kappa shape index (κ3) is 5.04. The maximum atomic E-state index is 11.7. The van der Waals surface area contributed by atoms with E-state index in [0.717, 1.165) is 20.8 Å². The first-order chi connectivity index (χ1) is 9.24. The highest BCUT2D eigenvalue weighted by atomic mass is 79.9. The number of hydrogen-bond acceptors (Lipinski definition) is 3. The predicted octanol–water partition coefficient (Wildman–Crippen LogP) is 3.97. The highest BCUT2D eigenvalue weighted by Crippen LogP contribution is 2.21. The maximum absolute atomic E-state index is 11.7. The molecule has 0 aliphatic rings. The molecule has 0 atom stereocenters. The van der Waals surface area contributed by atoms with Gasteiger partial charge in [-0.15, -0.1) is 11.8 Å². The average Bonchev–Trinajstić information content (AvgIpc) is 2.42. The lowest BCUT2D eigenvalue weighted by molar-refractivity contribution is -0.115. The van der Waals surface area contributed by atoms with Crippen molar-refractivity contribution in [2.45, 2.75) is 11.3 Å². The summed E-state index contributed by atoms with van der Waals surface area (Å²) in [7, 11) is 0. The van der Waals surface area contributed by atoms with Gasteiger partial charge in [-0.25, -0.2) is 0 Å². The normalized spacial score (nSPS) is 10.2. The molecule has 0 aliphatic heterocycles. The lowest BCUT2D eigenvalue weighted by atomic mass is 10.4. The van der Waals surface area contributed by atoms with E-state index in [1.165, 1.54) is 0 Å². The lowest BCUT2D eigenvalue weighted by Crippen LogP contribution is -2.12. The van der Waals surface area contributed by atoms with E-state index in [4.69, 9.17) is 0 Å². The van der Waals surface area contributed by atoms with Gasteiger partial charge in [0, 0.05) is 27.7 Å². The predicted molar refractivity (Wildman–Crippen MR) is 82.3 cm³/mol. The van der Waals surface area contributed by atoms with Crippen molar-refractivity contribution in [3.05, 3.63) is 53.3 Å². The zero-order chi connectivity index (χ0) is 13.5. The second kappa shape index (κ2) is 7.31. The van der Waals surface area contributed by atoms with Crippen molar-refractivity contribution in [3.8, 4) is 0 Å². The molecule has 1 aromatic heterocycles. The van der Waals surface area contributed by atoms with Crippen LogP contribution in [0.4, 0.5) is 5.69 Å². The first kappa shape index (κ1) is 14.1. The third-order valence-corrected chi connectivity index (χ3v) is 3.90. The Hall–Kier alpha value is -1.33. The molecule has 1 aromatic carbocycles. The fourth-order valence-corrected chi connectivity index (χ4v) is 2.57. The van der Waals surface area contributed by atoms with E-state index in [9.17, 15) is 4.79 Å². The molecule has 0 bridgehead atoms. The van der Waals surface area contributed by atoms with Gasteiger partial charge in [0.25, 0.3) is 0 Å². The zero-order valence-corrected chi connectivity index (χ0v) is 12.6. The summed E-state index contributed by atoms with van der Waals surface area (Å²) in [4.78, 5) is 16.8. The van der Waals surface area contributed by atoms with Crippen molar-refractivity contribution in [3.63, 3.8) is 0 Å². The van der Waals surface area contributed by atoms with Gasteiger partial charge in [0.1, 0.15) is 0 Å². The minimum atomic E-state index is 0.0117. The summed E-state index contributed by atoms with van der Waals surface area (Å²) in [5.74, 6) is 0.769. The zero-order valence-electron chi connectivity index (χ0n) is 10.2. The standard InChI is InChI=1S/C14H13BrN2OS/c15-11-3-5-13(6-4-11)19-9-7-14(18)17-12-2-1-8-16-10-12/h1-6,8,10H,7,9H2,(H,17,18). The number of anilines is 1. The summed E-state index contributed by atoms with van der Waals surface area (Å²) in [6.45, 7) is 0. The van der Waals surface area contributed by atoms with E-state index >= 15 is 0 Å². The maximum Gasteiger partial charge on any atom is 0.225 e. The van der Waals surface area contributed by atoms with Crippen molar-refractivity contribution in [2.75, 3.05) is 11.1 Å². The van der Waals surface area contributed by atoms with Gasteiger partial charge >= 0.3 is 0 Å². The molecule has 0 saturated carbocycles. The molecule has 3 nitrogen and oxygen atoms in total. The number of aromatic nitrogens is 1. The molecule has 0 radical (unpaired) electrons. The van der Waals surface area contributed by atoms with Crippen LogP contribution in [0.2, 0.25) is 0 Å². The fourth-order valence-electron chi connectivity index (χ4n) is 1.45. The summed E-state index contributed by atoms with van der Waals surface area (Å²) in [6.07, 6.45) is 3.80. The largest absolute Gasteiger partial charge is 0.325 e. The summed E-state index contributed by atoms with van der Waals surface area (Å²) < 4.78 is 1.06. The molecule has 0 aliphatic carbocycles. The van der Waals surface area contributed by atoms with E-state index < -0.39 is 0 Å². The third-order valence-electron chi connectivity index (χ3n) is 2.36. The van der Waals surface area contributed by atoms with Crippen LogP contribution in [0, 0.1) is 0 Å². The van der Waals surface area contributed by atoms with Crippen LogP contribution in [0.5, 0.6) is 0 Å². The second-order valence-corrected chi connectivity index (χ2v) is 5.93. The molecule has 0 spiro atoms. The minimum absolute atomic E-state index is 0.0117. The molecule has 0 unspecified atom stereocenters. The van der Waals surface area contributed by atoms with E-state index in [1.807, 2.05) is 30.3 Å². The van der Waals surface area contributed by atoms with Gasteiger partial charge < -0.3 is 5.32 Å². The summed E-state index contributed by atoms with van der Waals surface area (Å²) in [5, 5.41) is 2.82. The number of rotatable bonds is 5. The molecule has 2 aromatic rings. The fraction of sp³-hybridized carbons (Fsp3) is 0.143. The van der Waals surface area contributed by atoms with Gasteiger partial charge in [0.15, 0.2) is 0 Å². The Kier molecular flexibility index (Phi) is 5.42. The second-order valence-electron chi connectivity index (χ2n) is 3.84. The Bertz CT molecular complexity index is 531. The van der Waals surface area contributed by atoms with Crippen molar-refractivity contribution >= 4 is 39.3 Å². The van der Waals surface area contributed by atoms with Crippen LogP contribution >= 0.6 is 27.7 Å². The van der Waals surface area contributed by atoms with Gasteiger partial charge in [0.2, 0.25) is 5.91 Å². The van der Waals surface area contributed by atoms with Crippen molar-refractivity contribution in [1.29, 1.82) is 0 Å². The molecule has 1 N–H and O–H groups in total. The molecule has 0 saturated heterocycles. The molecule has 0 fully saturated rings. The van der Waals surface area contributed by atoms with Gasteiger partial charge in [0.05, 0.1) is 11.9 Å². The molecule has 19 heavy (non-hydrogen) atoms. The summed E-state index contributed by atoms with van der Waals surface area (Å²) in [5.41, 5.74) is 0.737. The van der Waals surface area contributed by atoms with Crippen LogP contribution < -0.4 is 5.32 Å². The highest BCUT2D eigenvalue weighted by Gasteiger charge is 2.02. The number of carbonyl (C=O) groups excluding carboxylic acids is 1. The highest BCUT2D eigenvalue weighted by molar-refractivity contribution is 9.10. The van der Waals surface area contributed by atoms with E-state index in [-0.39, 0.29) is 5.91 Å². The van der Waals surface area contributed by atoms with Crippen molar-refractivity contribution < 1.29 is 4.79 Å². The topological polar surface area (TPSA) is 42.0 Å². The van der Waals surface area contributed by atoms with Crippen molar-refractivity contribution in [1.82, 2.24) is 4.98 Å². The quantitative estimate of drug-likeness (QED) is 0.840. The van der Waals surface area contributed by atoms with Crippen LogP contribution in [0.15, 0.2) is 58.2 Å². The smallest absolute Gasteiger partial charge is 0.225 e. The summed E-state index contributed by atoms with van der Waals surface area (Å²) in [6, 6.07) is 11.7. The molecule has 5 heteroatoms. The van der Waals surface area contributed by atoms with Gasteiger partial charge in [-0.2, -0.15) is 0 Å². The minimum Gasteiger partial charge on any atom is -0.325 e. The molecule has 1 heterocycles. The average molecular weight is 337 g/mol. The van der Waals surface area contributed by atoms with Gasteiger partial charge in [-0.1, -0.05) is 15.9 Å². The molecular formula is C14H13BrN2OS. The number of hydrogen-bond donors (Lipinski definition) is 1. The van der Waals surface area contributed by atoms with E-state index in [2.05, 4.69) is 26.2 Å². The Balaban J connectivity index is 1.74.